The zero-order valence-corrected chi connectivity index (χ0v) is 15.7. The number of likely N-dealkylation sites (tertiary alicyclic amines) is 1. The van der Waals surface area contributed by atoms with E-state index in [1.54, 1.807) is 30.6 Å². The molecule has 3 rings (SSSR count). The second-order valence-electron chi connectivity index (χ2n) is 6.32. The van der Waals surface area contributed by atoms with Gasteiger partial charge in [-0.2, -0.15) is 0 Å². The van der Waals surface area contributed by atoms with Crippen molar-refractivity contribution in [2.45, 2.75) is 31.6 Å². The van der Waals surface area contributed by atoms with Crippen LogP contribution in [0.5, 0.6) is 0 Å². The van der Waals surface area contributed by atoms with Crippen LogP contribution in [0.1, 0.15) is 30.0 Å². The van der Waals surface area contributed by atoms with Crippen molar-refractivity contribution in [2.24, 2.45) is 0 Å². The van der Waals surface area contributed by atoms with Crippen LogP contribution in [0.3, 0.4) is 0 Å². The van der Waals surface area contributed by atoms with Crippen LogP contribution in [0.15, 0.2) is 42.7 Å². The second kappa shape index (κ2) is 8.82. The van der Waals surface area contributed by atoms with E-state index in [4.69, 9.17) is 27.9 Å². The number of ether oxygens (including phenoxy) is 1. The molecule has 0 aliphatic carbocycles. The summed E-state index contributed by atoms with van der Waals surface area (Å²) in [6, 6.07) is 8.36. The minimum atomic E-state index is -0.854. The summed E-state index contributed by atoms with van der Waals surface area (Å²) in [4.78, 5) is 17.7. The normalized spacial score (nSPS) is 17.2. The van der Waals surface area contributed by atoms with Crippen molar-refractivity contribution in [3.05, 3.63) is 63.9 Å². The average Bonchev–Trinajstić information content (AvgIpc) is 2.64. The van der Waals surface area contributed by atoms with Gasteiger partial charge in [0.15, 0.2) is 0 Å². The monoisotopic (exact) mass is 394 g/mol. The summed E-state index contributed by atoms with van der Waals surface area (Å²) in [5.41, 5.74) is 1.68. The third kappa shape index (κ3) is 4.74. The SMILES string of the molecule is O=C(O)C(c1cccnc1)N1CCC(OCc2ccc(Cl)c(Cl)c2)CC1. The smallest absolute Gasteiger partial charge is 0.325 e. The predicted octanol–water partition coefficient (Wildman–Crippen LogP) is 4.20. The van der Waals surface area contributed by atoms with Crippen LogP contribution in [-0.4, -0.2) is 40.2 Å². The Bertz CT molecular complexity index is 750. The van der Waals surface area contributed by atoms with Crippen molar-refractivity contribution < 1.29 is 14.6 Å². The summed E-state index contributed by atoms with van der Waals surface area (Å²) < 4.78 is 5.97. The molecule has 1 atom stereocenters. The van der Waals surface area contributed by atoms with Gasteiger partial charge in [0.1, 0.15) is 6.04 Å². The fraction of sp³-hybridized carbons (Fsp3) is 0.368. The summed E-state index contributed by atoms with van der Waals surface area (Å²) in [5, 5.41) is 10.7. The summed E-state index contributed by atoms with van der Waals surface area (Å²) >= 11 is 11.9. The lowest BCUT2D eigenvalue weighted by Crippen LogP contribution is -2.42. The molecule has 1 N–H and O–H groups in total. The molecule has 2 aromatic rings. The van der Waals surface area contributed by atoms with Crippen molar-refractivity contribution in [3.63, 3.8) is 0 Å². The molecule has 1 unspecified atom stereocenters. The Morgan fingerprint density at radius 3 is 2.65 bits per heavy atom. The number of aliphatic carboxylic acids is 1. The van der Waals surface area contributed by atoms with Gasteiger partial charge in [-0.1, -0.05) is 35.3 Å². The molecule has 1 aliphatic heterocycles. The van der Waals surface area contributed by atoms with Crippen molar-refractivity contribution in [1.82, 2.24) is 9.88 Å². The number of carboxylic acids is 1. The highest BCUT2D eigenvalue weighted by atomic mass is 35.5. The number of carboxylic acid groups (broad SMARTS) is 1. The number of benzene rings is 1. The number of hydrogen-bond acceptors (Lipinski definition) is 4. The number of piperidine rings is 1. The largest absolute Gasteiger partial charge is 0.480 e. The van der Waals surface area contributed by atoms with Gasteiger partial charge in [-0.25, -0.2) is 0 Å². The third-order valence-corrected chi connectivity index (χ3v) is 5.28. The Balaban J connectivity index is 1.54. The van der Waals surface area contributed by atoms with Crippen LogP contribution in [0, 0.1) is 0 Å². The van der Waals surface area contributed by atoms with E-state index in [-0.39, 0.29) is 6.10 Å². The van der Waals surface area contributed by atoms with Crippen molar-refractivity contribution >= 4 is 29.2 Å². The number of rotatable bonds is 6. The molecule has 7 heteroatoms. The maximum Gasteiger partial charge on any atom is 0.325 e. The van der Waals surface area contributed by atoms with Crippen LogP contribution < -0.4 is 0 Å². The van der Waals surface area contributed by atoms with Gasteiger partial charge in [-0.15, -0.1) is 0 Å². The number of aromatic nitrogens is 1. The number of nitrogens with zero attached hydrogens (tertiary/aromatic N) is 2. The maximum atomic E-state index is 11.7. The van der Waals surface area contributed by atoms with E-state index >= 15 is 0 Å². The zero-order valence-electron chi connectivity index (χ0n) is 14.1. The number of hydrogen-bond donors (Lipinski definition) is 1. The predicted molar refractivity (Wildman–Crippen MR) is 100 cm³/mol. The first kappa shape index (κ1) is 19.1. The first-order valence-corrected chi connectivity index (χ1v) is 9.22. The summed E-state index contributed by atoms with van der Waals surface area (Å²) in [6.07, 6.45) is 4.93. The van der Waals surface area contributed by atoms with Crippen LogP contribution in [0.2, 0.25) is 10.0 Å². The number of halogens is 2. The van der Waals surface area contributed by atoms with Gasteiger partial charge in [0.2, 0.25) is 0 Å². The Morgan fingerprint density at radius 1 is 1.27 bits per heavy atom. The lowest BCUT2D eigenvalue weighted by Gasteiger charge is -2.35. The highest BCUT2D eigenvalue weighted by molar-refractivity contribution is 6.42. The highest BCUT2D eigenvalue weighted by Crippen LogP contribution is 2.27. The van der Waals surface area contributed by atoms with E-state index < -0.39 is 12.0 Å². The molecular formula is C19H20Cl2N2O3. The first-order valence-electron chi connectivity index (χ1n) is 8.47. The molecule has 0 spiro atoms. The first-order chi connectivity index (χ1) is 12.5. The molecule has 1 fully saturated rings. The molecule has 0 saturated carbocycles. The molecule has 1 aromatic heterocycles. The molecule has 1 aromatic carbocycles. The molecule has 26 heavy (non-hydrogen) atoms. The molecule has 0 bridgehead atoms. The standard InChI is InChI=1S/C19H20Cl2N2O3/c20-16-4-3-13(10-17(16)21)12-26-15-5-8-23(9-6-15)18(19(24)25)14-2-1-7-22-11-14/h1-4,7,10-11,15,18H,5-6,8-9,12H2,(H,24,25). The third-order valence-electron chi connectivity index (χ3n) is 4.55. The summed E-state index contributed by atoms with van der Waals surface area (Å²) in [5.74, 6) is -0.854. The van der Waals surface area contributed by atoms with E-state index in [9.17, 15) is 9.90 Å². The van der Waals surface area contributed by atoms with Gasteiger partial charge in [0, 0.05) is 25.5 Å². The van der Waals surface area contributed by atoms with Gasteiger partial charge in [-0.05, 0) is 42.2 Å². The average molecular weight is 395 g/mol. The van der Waals surface area contributed by atoms with Crippen LogP contribution in [0.4, 0.5) is 0 Å². The Labute approximate surface area is 162 Å². The van der Waals surface area contributed by atoms with E-state index in [0.29, 0.717) is 35.3 Å². The van der Waals surface area contributed by atoms with Crippen molar-refractivity contribution in [2.75, 3.05) is 13.1 Å². The lowest BCUT2D eigenvalue weighted by molar-refractivity contribution is -0.145. The van der Waals surface area contributed by atoms with Crippen LogP contribution in [0.25, 0.3) is 0 Å². The fourth-order valence-electron chi connectivity index (χ4n) is 3.19. The second-order valence-corrected chi connectivity index (χ2v) is 7.14. The zero-order chi connectivity index (χ0) is 18.5. The van der Waals surface area contributed by atoms with Crippen LogP contribution >= 0.6 is 23.2 Å². The summed E-state index contributed by atoms with van der Waals surface area (Å²) in [7, 11) is 0. The molecule has 138 valence electrons. The van der Waals surface area contributed by atoms with E-state index in [0.717, 1.165) is 18.4 Å². The minimum Gasteiger partial charge on any atom is -0.480 e. The maximum absolute atomic E-state index is 11.7. The molecule has 0 amide bonds. The van der Waals surface area contributed by atoms with Gasteiger partial charge in [0.25, 0.3) is 0 Å². The fourth-order valence-corrected chi connectivity index (χ4v) is 3.51. The molecular weight excluding hydrogens is 375 g/mol. The Morgan fingerprint density at radius 2 is 2.04 bits per heavy atom. The van der Waals surface area contributed by atoms with Gasteiger partial charge in [-0.3, -0.25) is 14.7 Å². The van der Waals surface area contributed by atoms with Crippen molar-refractivity contribution in [3.8, 4) is 0 Å². The molecule has 2 heterocycles. The van der Waals surface area contributed by atoms with Gasteiger partial charge in [0.05, 0.1) is 22.8 Å². The van der Waals surface area contributed by atoms with Gasteiger partial charge < -0.3 is 9.84 Å². The van der Waals surface area contributed by atoms with Crippen molar-refractivity contribution in [1.29, 1.82) is 0 Å². The van der Waals surface area contributed by atoms with E-state index in [1.165, 1.54) is 0 Å². The molecule has 0 radical (unpaired) electrons. The van der Waals surface area contributed by atoms with Gasteiger partial charge >= 0.3 is 5.97 Å². The minimum absolute atomic E-state index is 0.101. The Kier molecular flexibility index (Phi) is 6.48. The molecule has 5 nitrogen and oxygen atoms in total. The van der Waals surface area contributed by atoms with E-state index in [1.807, 2.05) is 17.0 Å². The highest BCUT2D eigenvalue weighted by Gasteiger charge is 2.31. The lowest BCUT2D eigenvalue weighted by atomic mass is 10.0. The molecule has 1 aliphatic rings. The summed E-state index contributed by atoms with van der Waals surface area (Å²) in [6.45, 7) is 1.79. The topological polar surface area (TPSA) is 62.7 Å². The number of carbonyl (C=O) groups is 1. The molecule has 1 saturated heterocycles. The number of pyridine rings is 1. The van der Waals surface area contributed by atoms with Crippen LogP contribution in [-0.2, 0) is 16.1 Å². The Hall–Kier alpha value is -1.66. The quantitative estimate of drug-likeness (QED) is 0.795. The van der Waals surface area contributed by atoms with E-state index in [2.05, 4.69) is 4.98 Å².